The van der Waals surface area contributed by atoms with Crippen LogP contribution in [-0.4, -0.2) is 34.3 Å². The first-order chi connectivity index (χ1) is 17.3. The fourth-order valence-electron chi connectivity index (χ4n) is 3.32. The number of halogens is 3. The topological polar surface area (TPSA) is 128 Å². The average molecular weight is 598 g/mol. The molecule has 1 heterocycles. The van der Waals surface area contributed by atoms with Crippen LogP contribution in [0.15, 0.2) is 52.1 Å². The molecule has 0 aliphatic heterocycles. The second kappa shape index (κ2) is 15.3. The number of benzene rings is 2. The number of rotatable bonds is 11. The number of aromatic nitrogens is 3. The van der Waals surface area contributed by atoms with Gasteiger partial charge in [0, 0.05) is 22.5 Å². The molecule has 0 radical (unpaired) electrons. The highest BCUT2D eigenvalue weighted by Crippen LogP contribution is 2.22. The summed E-state index contributed by atoms with van der Waals surface area (Å²) in [7, 11) is 1.59. The molecule has 0 fully saturated rings. The summed E-state index contributed by atoms with van der Waals surface area (Å²) >= 11 is 14.5. The maximum Gasteiger partial charge on any atom is 0.355 e. The number of nitriles is 1. The Morgan fingerprint density at radius 2 is 1.67 bits per heavy atom. The molecule has 0 aliphatic carbocycles. The van der Waals surface area contributed by atoms with Crippen LogP contribution in [0.4, 0.5) is 5.95 Å². The van der Waals surface area contributed by atoms with E-state index < -0.39 is 11.4 Å². The smallest absolute Gasteiger partial charge is 0.355 e. The Kier molecular flexibility index (Phi) is 12.5. The molecule has 1 aromatic heterocycles. The van der Waals surface area contributed by atoms with Gasteiger partial charge in [-0.25, -0.2) is 14.2 Å². The number of anilines is 1. The van der Waals surface area contributed by atoms with Gasteiger partial charge in [-0.1, -0.05) is 47.8 Å². The number of hydrogen-bond acceptors (Lipinski definition) is 7. The molecule has 0 saturated carbocycles. The number of nitrogens with zero attached hydrogens (tertiary/aromatic N) is 4. The first kappa shape index (κ1) is 29.4. The Bertz CT molecular complexity index is 1290. The molecule has 192 valence electrons. The Morgan fingerprint density at radius 1 is 1.03 bits per heavy atom. The maximum atomic E-state index is 13.4. The fraction of sp³-hybridized carbons (Fsp3) is 0.333. The summed E-state index contributed by atoms with van der Waals surface area (Å²) in [6.07, 6.45) is 2.71. The summed E-state index contributed by atoms with van der Waals surface area (Å²) in [4.78, 5) is 31.9. The first-order valence-corrected chi connectivity index (χ1v) is 12.6. The molecule has 3 aromatic rings. The zero-order valence-electron chi connectivity index (χ0n) is 19.7. The molecule has 3 rings (SSSR count). The molecule has 36 heavy (non-hydrogen) atoms. The van der Waals surface area contributed by atoms with Gasteiger partial charge in [-0.2, -0.15) is 10.2 Å². The van der Waals surface area contributed by atoms with Gasteiger partial charge in [0.25, 0.3) is 0 Å². The third kappa shape index (κ3) is 8.68. The van der Waals surface area contributed by atoms with Gasteiger partial charge in [0.05, 0.1) is 30.2 Å². The van der Waals surface area contributed by atoms with Gasteiger partial charge in [0.2, 0.25) is 5.95 Å². The molecule has 2 aromatic carbocycles. The van der Waals surface area contributed by atoms with E-state index in [0.29, 0.717) is 34.4 Å². The van der Waals surface area contributed by atoms with E-state index in [2.05, 4.69) is 26.2 Å². The zero-order chi connectivity index (χ0) is 26.5. The summed E-state index contributed by atoms with van der Waals surface area (Å²) in [5.74, 6) is 0.950. The standard InChI is InChI=1S/C23H27Cl2N5O3.CBrN/c1-33-18-8-5-16(6-9-18)14-29-21(27-12-4-2-3-11-26)28-22(31)30(23(29)32)15-17-7-10-19(24)20(25)13-17;2-1-3/h5-10,13H,2-4,11-12,14-15,26H2,1H3,(H,27,28,31);. The Labute approximate surface area is 227 Å². The Hall–Kier alpha value is -2.84. The molecule has 12 heteroatoms. The van der Waals surface area contributed by atoms with Crippen molar-refractivity contribution in [3.8, 4) is 10.7 Å². The number of nitrogens with two attached hydrogens (primary N) is 1. The van der Waals surface area contributed by atoms with E-state index in [4.69, 9.17) is 38.9 Å². The van der Waals surface area contributed by atoms with Crippen LogP contribution in [0.3, 0.4) is 0 Å². The molecule has 0 saturated heterocycles. The number of nitrogens with one attached hydrogen (secondary N) is 1. The lowest BCUT2D eigenvalue weighted by atomic mass is 10.2. The molecule has 0 amide bonds. The summed E-state index contributed by atoms with van der Waals surface area (Å²) in [5.41, 5.74) is 5.97. The number of hydrogen-bond donors (Lipinski definition) is 2. The average Bonchev–Trinajstić information content (AvgIpc) is 2.87. The van der Waals surface area contributed by atoms with E-state index in [9.17, 15) is 9.59 Å². The molecular formula is C24H27BrCl2N6O3. The van der Waals surface area contributed by atoms with Crippen molar-refractivity contribution in [2.45, 2.75) is 32.4 Å². The van der Waals surface area contributed by atoms with E-state index in [1.54, 1.807) is 30.3 Å². The molecule has 0 spiro atoms. The van der Waals surface area contributed by atoms with E-state index >= 15 is 0 Å². The number of ether oxygens (including phenoxy) is 1. The van der Waals surface area contributed by atoms with Crippen molar-refractivity contribution in [3.05, 3.63) is 84.6 Å². The van der Waals surface area contributed by atoms with Crippen LogP contribution in [0, 0.1) is 10.2 Å². The second-order valence-corrected chi connectivity index (χ2v) is 8.80. The summed E-state index contributed by atoms with van der Waals surface area (Å²) in [6, 6.07) is 12.4. The molecular weight excluding hydrogens is 571 g/mol. The van der Waals surface area contributed by atoms with Gasteiger partial charge in [-0.15, -0.1) is 0 Å². The minimum absolute atomic E-state index is 0.0287. The predicted molar refractivity (Wildman–Crippen MR) is 146 cm³/mol. The molecule has 3 N–H and O–H groups in total. The highest BCUT2D eigenvalue weighted by atomic mass is 79.9. The van der Waals surface area contributed by atoms with Gasteiger partial charge in [0.15, 0.2) is 0 Å². The van der Waals surface area contributed by atoms with E-state index in [-0.39, 0.29) is 19.0 Å². The maximum absolute atomic E-state index is 13.4. The van der Waals surface area contributed by atoms with E-state index in [0.717, 1.165) is 29.4 Å². The Morgan fingerprint density at radius 3 is 2.28 bits per heavy atom. The largest absolute Gasteiger partial charge is 0.497 e. The summed E-state index contributed by atoms with van der Waals surface area (Å²) in [6.45, 7) is 1.47. The molecule has 9 nitrogen and oxygen atoms in total. The van der Waals surface area contributed by atoms with Crippen molar-refractivity contribution in [2.75, 3.05) is 25.5 Å². The highest BCUT2D eigenvalue weighted by Gasteiger charge is 2.14. The lowest BCUT2D eigenvalue weighted by molar-refractivity contribution is 0.414. The van der Waals surface area contributed by atoms with Crippen molar-refractivity contribution in [2.24, 2.45) is 5.73 Å². The van der Waals surface area contributed by atoms with Gasteiger partial charge in [0.1, 0.15) is 10.7 Å². The number of methoxy groups -OCH3 is 1. The number of unbranched alkanes of at least 4 members (excludes halogenated alkanes) is 2. The quantitative estimate of drug-likeness (QED) is 0.317. The van der Waals surface area contributed by atoms with Crippen LogP contribution in [-0.2, 0) is 13.1 Å². The SMILES string of the molecule is COc1ccc(Cn2c(NCCCCCN)nc(=O)n(Cc3ccc(Cl)c(Cl)c3)c2=O)cc1.N#CBr. The van der Waals surface area contributed by atoms with Crippen molar-refractivity contribution < 1.29 is 4.74 Å². The molecule has 0 atom stereocenters. The van der Waals surface area contributed by atoms with Crippen LogP contribution in [0.1, 0.15) is 30.4 Å². The van der Waals surface area contributed by atoms with Crippen molar-refractivity contribution in [3.63, 3.8) is 0 Å². The lowest BCUT2D eigenvalue weighted by Gasteiger charge is -2.16. The first-order valence-electron chi connectivity index (χ1n) is 11.1. The summed E-state index contributed by atoms with van der Waals surface area (Å²) in [5, 5.41) is 11.1. The molecule has 0 aliphatic rings. The van der Waals surface area contributed by atoms with Crippen LogP contribution < -0.4 is 27.2 Å². The van der Waals surface area contributed by atoms with Gasteiger partial charge in [-0.05, 0) is 54.8 Å². The zero-order valence-corrected chi connectivity index (χ0v) is 22.8. The van der Waals surface area contributed by atoms with Gasteiger partial charge >= 0.3 is 11.4 Å². The lowest BCUT2D eigenvalue weighted by Crippen LogP contribution is -2.43. The van der Waals surface area contributed by atoms with E-state index in [1.807, 2.05) is 24.3 Å². The van der Waals surface area contributed by atoms with Gasteiger partial charge in [-0.3, -0.25) is 4.57 Å². The minimum atomic E-state index is -0.637. The van der Waals surface area contributed by atoms with Crippen LogP contribution in [0.5, 0.6) is 5.75 Å². The van der Waals surface area contributed by atoms with Crippen molar-refractivity contribution >= 4 is 45.1 Å². The van der Waals surface area contributed by atoms with E-state index in [1.165, 1.54) is 4.57 Å². The van der Waals surface area contributed by atoms with Crippen molar-refractivity contribution in [1.29, 1.82) is 5.26 Å². The normalized spacial score (nSPS) is 10.2. The third-order valence-corrected chi connectivity index (χ3v) is 5.88. The molecule has 0 unspecified atom stereocenters. The molecule has 0 bridgehead atoms. The summed E-state index contributed by atoms with van der Waals surface area (Å²) < 4.78 is 7.75. The highest BCUT2D eigenvalue weighted by molar-refractivity contribution is 9.12. The third-order valence-electron chi connectivity index (χ3n) is 5.14. The van der Waals surface area contributed by atoms with Crippen molar-refractivity contribution in [1.82, 2.24) is 14.1 Å². The van der Waals surface area contributed by atoms with Gasteiger partial charge < -0.3 is 15.8 Å². The second-order valence-electron chi connectivity index (χ2n) is 7.63. The van der Waals surface area contributed by atoms with Crippen LogP contribution in [0.25, 0.3) is 0 Å². The monoisotopic (exact) mass is 596 g/mol. The van der Waals surface area contributed by atoms with Crippen LogP contribution in [0.2, 0.25) is 10.0 Å². The fourth-order valence-corrected chi connectivity index (χ4v) is 3.64. The van der Waals surface area contributed by atoms with Crippen LogP contribution >= 0.6 is 39.1 Å². The minimum Gasteiger partial charge on any atom is -0.497 e. The predicted octanol–water partition coefficient (Wildman–Crippen LogP) is 4.22. The Balaban J connectivity index is 0.00000145.